The molecule has 2 aromatic rings. The second-order valence-corrected chi connectivity index (χ2v) is 5.11. The number of nitrogens with zero attached hydrogens (tertiary/aromatic N) is 1. The van der Waals surface area contributed by atoms with Crippen LogP contribution in [0.5, 0.6) is 11.5 Å². The predicted octanol–water partition coefficient (Wildman–Crippen LogP) is 2.61. The first-order valence-electron chi connectivity index (χ1n) is 6.33. The van der Waals surface area contributed by atoms with Gasteiger partial charge in [-0.25, -0.2) is 4.98 Å². The molecule has 0 bridgehead atoms. The molecule has 4 nitrogen and oxygen atoms in total. The van der Waals surface area contributed by atoms with Crippen LogP contribution >= 0.6 is 11.3 Å². The maximum absolute atomic E-state index is 5.73. The van der Waals surface area contributed by atoms with E-state index in [1.165, 1.54) is 0 Å². The molecule has 0 saturated heterocycles. The van der Waals surface area contributed by atoms with Crippen LogP contribution in [0.25, 0.3) is 0 Å². The van der Waals surface area contributed by atoms with Gasteiger partial charge >= 0.3 is 0 Å². The standard InChI is InChI=1S/C14H16N2O2S/c1-15-14(11-8-19-9-16-11)10-3-4-12-13(7-10)18-6-2-5-17-12/h3-4,7-9,14-15H,2,5-6H2,1H3. The summed E-state index contributed by atoms with van der Waals surface area (Å²) in [5, 5.41) is 5.35. The van der Waals surface area contributed by atoms with Crippen molar-refractivity contribution in [2.45, 2.75) is 12.5 Å². The second kappa shape index (κ2) is 5.59. The Hall–Kier alpha value is -1.59. The van der Waals surface area contributed by atoms with Crippen LogP contribution in [0.2, 0.25) is 0 Å². The summed E-state index contributed by atoms with van der Waals surface area (Å²) in [7, 11) is 1.94. The van der Waals surface area contributed by atoms with Gasteiger partial charge in [-0.15, -0.1) is 11.3 Å². The number of hydrogen-bond acceptors (Lipinski definition) is 5. The highest BCUT2D eigenvalue weighted by Crippen LogP contribution is 2.33. The van der Waals surface area contributed by atoms with E-state index in [4.69, 9.17) is 9.47 Å². The SMILES string of the molecule is CNC(c1ccc2c(c1)OCCCO2)c1cscn1. The van der Waals surface area contributed by atoms with Gasteiger partial charge in [0.1, 0.15) is 0 Å². The van der Waals surface area contributed by atoms with E-state index >= 15 is 0 Å². The molecule has 2 heterocycles. The van der Waals surface area contributed by atoms with Crippen molar-refractivity contribution in [3.63, 3.8) is 0 Å². The van der Waals surface area contributed by atoms with E-state index in [1.807, 2.05) is 24.7 Å². The van der Waals surface area contributed by atoms with Crippen molar-refractivity contribution < 1.29 is 9.47 Å². The zero-order valence-corrected chi connectivity index (χ0v) is 11.6. The van der Waals surface area contributed by atoms with Crippen LogP contribution in [-0.2, 0) is 0 Å². The fraction of sp³-hybridized carbons (Fsp3) is 0.357. The van der Waals surface area contributed by atoms with Crippen LogP contribution < -0.4 is 14.8 Å². The molecule has 0 saturated carbocycles. The molecule has 1 atom stereocenters. The van der Waals surface area contributed by atoms with Gasteiger partial charge in [0.2, 0.25) is 0 Å². The zero-order chi connectivity index (χ0) is 13.1. The van der Waals surface area contributed by atoms with Crippen molar-refractivity contribution in [2.24, 2.45) is 0 Å². The Balaban J connectivity index is 1.94. The zero-order valence-electron chi connectivity index (χ0n) is 10.8. The lowest BCUT2D eigenvalue weighted by Crippen LogP contribution is -2.18. The van der Waals surface area contributed by atoms with Crippen LogP contribution in [0.1, 0.15) is 23.7 Å². The monoisotopic (exact) mass is 276 g/mol. The third-order valence-electron chi connectivity index (χ3n) is 3.14. The highest BCUT2D eigenvalue weighted by Gasteiger charge is 2.17. The molecule has 3 rings (SSSR count). The maximum atomic E-state index is 5.73. The fourth-order valence-electron chi connectivity index (χ4n) is 2.21. The summed E-state index contributed by atoms with van der Waals surface area (Å²) in [4.78, 5) is 4.38. The second-order valence-electron chi connectivity index (χ2n) is 4.39. The normalized spacial score (nSPS) is 15.8. The first kappa shape index (κ1) is 12.4. The van der Waals surface area contributed by atoms with Gasteiger partial charge in [-0.3, -0.25) is 0 Å². The van der Waals surface area contributed by atoms with Crippen molar-refractivity contribution in [3.8, 4) is 11.5 Å². The van der Waals surface area contributed by atoms with Gasteiger partial charge in [0, 0.05) is 11.8 Å². The first-order valence-corrected chi connectivity index (χ1v) is 7.27. The number of ether oxygens (including phenoxy) is 2. The predicted molar refractivity (Wildman–Crippen MR) is 75.1 cm³/mol. The molecular formula is C14H16N2O2S. The molecule has 0 amide bonds. The Bertz CT molecular complexity index is 542. The van der Waals surface area contributed by atoms with Gasteiger partial charge in [0.15, 0.2) is 11.5 Å². The summed E-state index contributed by atoms with van der Waals surface area (Å²) in [5.41, 5.74) is 4.02. The van der Waals surface area contributed by atoms with E-state index < -0.39 is 0 Å². The molecule has 19 heavy (non-hydrogen) atoms. The lowest BCUT2D eigenvalue weighted by atomic mass is 10.0. The molecule has 0 spiro atoms. The molecule has 5 heteroatoms. The number of aromatic nitrogens is 1. The lowest BCUT2D eigenvalue weighted by molar-refractivity contribution is 0.297. The highest BCUT2D eigenvalue weighted by molar-refractivity contribution is 7.07. The first-order chi connectivity index (χ1) is 9.38. The summed E-state index contributed by atoms with van der Waals surface area (Å²) in [5.74, 6) is 1.65. The smallest absolute Gasteiger partial charge is 0.161 e. The van der Waals surface area contributed by atoms with Crippen molar-refractivity contribution in [1.29, 1.82) is 0 Å². The molecule has 0 fully saturated rings. The Morgan fingerprint density at radius 3 is 2.84 bits per heavy atom. The topological polar surface area (TPSA) is 43.4 Å². The third kappa shape index (κ3) is 2.57. The molecule has 1 N–H and O–H groups in total. The number of fused-ring (bicyclic) bond motifs is 1. The molecule has 100 valence electrons. The summed E-state index contributed by atoms with van der Waals surface area (Å²) in [6.45, 7) is 1.42. The summed E-state index contributed by atoms with van der Waals surface area (Å²) >= 11 is 1.60. The number of nitrogens with one attached hydrogen (secondary N) is 1. The molecule has 1 aromatic heterocycles. The van der Waals surface area contributed by atoms with Crippen LogP contribution in [0.15, 0.2) is 29.1 Å². The molecular weight excluding hydrogens is 260 g/mol. The van der Waals surface area contributed by atoms with E-state index in [1.54, 1.807) is 11.3 Å². The Morgan fingerprint density at radius 1 is 1.26 bits per heavy atom. The molecule has 0 radical (unpaired) electrons. The maximum Gasteiger partial charge on any atom is 0.161 e. The molecule has 1 unspecified atom stereocenters. The van der Waals surface area contributed by atoms with Crippen molar-refractivity contribution in [1.82, 2.24) is 10.3 Å². The molecule has 1 aliphatic heterocycles. The minimum atomic E-state index is 0.0865. The van der Waals surface area contributed by atoms with Crippen molar-refractivity contribution >= 4 is 11.3 Å². The molecule has 1 aromatic carbocycles. The summed E-state index contributed by atoms with van der Waals surface area (Å²) in [6, 6.07) is 6.17. The Kier molecular flexibility index (Phi) is 3.66. The van der Waals surface area contributed by atoms with Gasteiger partial charge < -0.3 is 14.8 Å². The average molecular weight is 276 g/mol. The Labute approximate surface area is 116 Å². The largest absolute Gasteiger partial charge is 0.490 e. The molecule has 0 aliphatic carbocycles. The van der Waals surface area contributed by atoms with E-state index in [9.17, 15) is 0 Å². The van der Waals surface area contributed by atoms with Crippen molar-refractivity contribution in [3.05, 3.63) is 40.3 Å². The van der Waals surface area contributed by atoms with Crippen LogP contribution in [-0.4, -0.2) is 25.2 Å². The number of benzene rings is 1. The third-order valence-corrected chi connectivity index (χ3v) is 3.75. The highest BCUT2D eigenvalue weighted by atomic mass is 32.1. The van der Waals surface area contributed by atoms with Gasteiger partial charge in [0.05, 0.1) is 30.5 Å². The fourth-order valence-corrected chi connectivity index (χ4v) is 2.79. The summed E-state index contributed by atoms with van der Waals surface area (Å²) in [6.07, 6.45) is 0.922. The van der Waals surface area contributed by atoms with Gasteiger partial charge in [-0.05, 0) is 24.7 Å². The lowest BCUT2D eigenvalue weighted by Gasteiger charge is -2.16. The Morgan fingerprint density at radius 2 is 2.11 bits per heavy atom. The van der Waals surface area contributed by atoms with Crippen LogP contribution in [0.3, 0.4) is 0 Å². The van der Waals surface area contributed by atoms with Gasteiger partial charge in [-0.2, -0.15) is 0 Å². The van der Waals surface area contributed by atoms with Crippen molar-refractivity contribution in [2.75, 3.05) is 20.3 Å². The minimum absolute atomic E-state index is 0.0865. The molecule has 1 aliphatic rings. The van der Waals surface area contributed by atoms with E-state index in [-0.39, 0.29) is 6.04 Å². The minimum Gasteiger partial charge on any atom is -0.490 e. The summed E-state index contributed by atoms with van der Waals surface area (Å²) < 4.78 is 11.4. The van der Waals surface area contributed by atoms with Gasteiger partial charge in [-0.1, -0.05) is 6.07 Å². The number of thiazole rings is 1. The van der Waals surface area contributed by atoms with Crippen LogP contribution in [0, 0.1) is 0 Å². The van der Waals surface area contributed by atoms with E-state index in [2.05, 4.69) is 21.7 Å². The quantitative estimate of drug-likeness (QED) is 0.936. The van der Waals surface area contributed by atoms with Gasteiger partial charge in [0.25, 0.3) is 0 Å². The number of hydrogen-bond donors (Lipinski definition) is 1. The number of rotatable bonds is 3. The van der Waals surface area contributed by atoms with E-state index in [0.717, 1.165) is 29.2 Å². The van der Waals surface area contributed by atoms with Crippen LogP contribution in [0.4, 0.5) is 0 Å². The van der Waals surface area contributed by atoms with E-state index in [0.29, 0.717) is 13.2 Å². The average Bonchev–Trinajstić information content (AvgIpc) is 2.85.